The first-order chi connectivity index (χ1) is 30.3. The van der Waals surface area contributed by atoms with E-state index in [1.54, 1.807) is 40.1 Å². The number of carbonyl (C=O) groups is 5. The number of nitrogens with two attached hydrogens (primary N) is 1. The van der Waals surface area contributed by atoms with Gasteiger partial charge < -0.3 is 30.7 Å². The lowest BCUT2D eigenvalue weighted by atomic mass is 10.1. The van der Waals surface area contributed by atoms with Gasteiger partial charge in [-0.05, 0) is 73.8 Å². The number of alkyl halides is 2. The molecule has 63 heavy (non-hydrogen) atoms. The van der Waals surface area contributed by atoms with Crippen LogP contribution in [0.4, 0.5) is 38.5 Å². The quantitative estimate of drug-likeness (QED) is 0.134. The van der Waals surface area contributed by atoms with E-state index in [9.17, 15) is 41.5 Å². The number of carbonyl (C=O) groups excluding carboxylic acids is 5. The highest BCUT2D eigenvalue weighted by molar-refractivity contribution is 5.99. The number of rotatable bonds is 14. The van der Waals surface area contributed by atoms with Gasteiger partial charge in [0.15, 0.2) is 11.6 Å². The van der Waals surface area contributed by atoms with Gasteiger partial charge in [0.25, 0.3) is 5.91 Å². The number of piperazine rings is 2. The standard InChI is InChI=1S/C23H26F3N5O3.C21H26FN5O2/c1-2-29-8-10-30(11-9-29)23(34)31(19-5-3-4-17(24)12-19)15-18-7-6-16(13-27-18)20(32)14-28-22(33)21(25)26;1-2-25-8-10-26(11-9-25)21(29)27(19-5-3-4-17(22)12-19)15-18-7-6-16(14-24-18)20(28)13-23/h3-7,12-13,21H,2,8-11,14-15H2,1H3,(H,28,33);3-7,12,14H,2,8-11,13,15,23H2,1H3. The first-order valence-electron chi connectivity index (χ1n) is 20.6. The lowest BCUT2D eigenvalue weighted by molar-refractivity contribution is -0.131. The molecule has 336 valence electrons. The van der Waals surface area contributed by atoms with Crippen LogP contribution in [-0.2, 0) is 17.9 Å². The highest BCUT2D eigenvalue weighted by atomic mass is 19.3. The van der Waals surface area contributed by atoms with E-state index in [0.29, 0.717) is 54.5 Å². The Labute approximate surface area is 363 Å². The lowest BCUT2D eigenvalue weighted by Crippen LogP contribution is -2.52. The monoisotopic (exact) mass is 876 g/mol. The van der Waals surface area contributed by atoms with Crippen molar-refractivity contribution in [2.24, 2.45) is 5.73 Å². The molecule has 15 nitrogen and oxygen atoms in total. The van der Waals surface area contributed by atoms with Gasteiger partial charge >= 0.3 is 18.5 Å². The number of likely N-dealkylation sites (N-methyl/N-ethyl adjacent to an activating group) is 2. The fourth-order valence-corrected chi connectivity index (χ4v) is 6.83. The van der Waals surface area contributed by atoms with Gasteiger partial charge in [-0.25, -0.2) is 18.4 Å². The molecule has 0 aliphatic carbocycles. The number of nitrogens with one attached hydrogen (secondary N) is 1. The number of hydrogen-bond acceptors (Lipinski definition) is 10. The summed E-state index contributed by atoms with van der Waals surface area (Å²) in [5, 5.41) is 1.85. The molecule has 0 saturated carbocycles. The number of halogens is 4. The summed E-state index contributed by atoms with van der Waals surface area (Å²) in [6.07, 6.45) is -0.497. The average molecular weight is 877 g/mol. The Kier molecular flexibility index (Phi) is 17.6. The second-order valence-electron chi connectivity index (χ2n) is 14.7. The van der Waals surface area contributed by atoms with Crippen LogP contribution in [0, 0.1) is 11.6 Å². The average Bonchev–Trinajstić information content (AvgIpc) is 3.31. The van der Waals surface area contributed by atoms with E-state index in [1.807, 2.05) is 5.32 Å². The van der Waals surface area contributed by atoms with E-state index < -0.39 is 36.3 Å². The maximum absolute atomic E-state index is 13.9. The van der Waals surface area contributed by atoms with Gasteiger partial charge in [0.05, 0.1) is 37.6 Å². The highest BCUT2D eigenvalue weighted by Gasteiger charge is 2.28. The van der Waals surface area contributed by atoms with Gasteiger partial charge in [0, 0.05) is 87.3 Å². The van der Waals surface area contributed by atoms with Crippen LogP contribution in [0.5, 0.6) is 0 Å². The molecule has 3 N–H and O–H groups in total. The van der Waals surface area contributed by atoms with Crippen LogP contribution < -0.4 is 20.9 Å². The molecule has 4 heterocycles. The number of nitrogens with zero attached hydrogens (tertiary/aromatic N) is 8. The molecule has 5 amide bonds. The molecule has 6 rings (SSSR count). The summed E-state index contributed by atoms with van der Waals surface area (Å²) < 4.78 is 52.2. The second kappa shape index (κ2) is 23.2. The van der Waals surface area contributed by atoms with Gasteiger partial charge in [-0.15, -0.1) is 0 Å². The van der Waals surface area contributed by atoms with E-state index >= 15 is 0 Å². The molecule has 4 aromatic rings. The number of benzene rings is 2. The van der Waals surface area contributed by atoms with Crippen molar-refractivity contribution in [1.29, 1.82) is 0 Å². The number of Topliss-reactive ketones (excluding diaryl/α,β-unsaturated/α-hetero) is 2. The molecule has 2 saturated heterocycles. The van der Waals surface area contributed by atoms with Crippen molar-refractivity contribution in [1.82, 2.24) is 34.9 Å². The third-order valence-electron chi connectivity index (χ3n) is 10.6. The summed E-state index contributed by atoms with van der Waals surface area (Å²) in [6, 6.07) is 17.5. The molecule has 2 aliphatic rings. The zero-order valence-electron chi connectivity index (χ0n) is 35.3. The van der Waals surface area contributed by atoms with Crippen LogP contribution >= 0.6 is 0 Å². The number of ketones is 2. The zero-order valence-corrected chi connectivity index (χ0v) is 35.3. The molecule has 0 atom stereocenters. The summed E-state index contributed by atoms with van der Waals surface area (Å²) in [7, 11) is 0. The third-order valence-corrected chi connectivity index (χ3v) is 10.6. The predicted octanol–water partition coefficient (Wildman–Crippen LogP) is 4.68. The van der Waals surface area contributed by atoms with E-state index in [-0.39, 0.29) is 43.0 Å². The smallest absolute Gasteiger partial charge is 0.324 e. The number of amides is 5. The predicted molar refractivity (Wildman–Crippen MR) is 229 cm³/mol. The summed E-state index contributed by atoms with van der Waals surface area (Å²) >= 11 is 0. The van der Waals surface area contributed by atoms with Crippen molar-refractivity contribution < 1.29 is 41.5 Å². The van der Waals surface area contributed by atoms with Crippen LogP contribution in [0.15, 0.2) is 85.2 Å². The van der Waals surface area contributed by atoms with Crippen molar-refractivity contribution in [3.63, 3.8) is 0 Å². The maximum atomic E-state index is 13.9. The molecule has 0 bridgehead atoms. The minimum absolute atomic E-state index is 0.0346. The molecule has 2 aromatic heterocycles. The Morgan fingerprint density at radius 2 is 1.08 bits per heavy atom. The summed E-state index contributed by atoms with van der Waals surface area (Å²) in [4.78, 5) is 80.8. The molecule has 2 aromatic carbocycles. The fraction of sp³-hybridized carbons (Fsp3) is 0.386. The molecule has 0 radical (unpaired) electrons. The van der Waals surface area contributed by atoms with Crippen molar-refractivity contribution in [3.05, 3.63) is 119 Å². The van der Waals surface area contributed by atoms with E-state index in [2.05, 4.69) is 33.6 Å². The zero-order chi connectivity index (χ0) is 45.5. The van der Waals surface area contributed by atoms with Crippen LogP contribution in [0.1, 0.15) is 46.0 Å². The molecular formula is C44H52F4N10O5. The highest BCUT2D eigenvalue weighted by Crippen LogP contribution is 2.23. The minimum atomic E-state index is -3.20. The number of hydrogen-bond donors (Lipinski definition) is 2. The SMILES string of the molecule is CCN1CCN(C(=O)N(Cc2ccc(C(=O)CN)cn2)c2cccc(F)c2)CC1.CCN1CCN(C(=O)N(Cc2ccc(C(=O)CNC(=O)C(F)F)cn2)c2cccc(F)c2)CC1. The maximum Gasteiger partial charge on any atom is 0.324 e. The fourth-order valence-electron chi connectivity index (χ4n) is 6.83. The lowest BCUT2D eigenvalue weighted by Gasteiger charge is -2.37. The van der Waals surface area contributed by atoms with Crippen molar-refractivity contribution in [2.75, 3.05) is 88.3 Å². The topological polar surface area (TPSA) is 169 Å². The minimum Gasteiger partial charge on any atom is -0.344 e. The van der Waals surface area contributed by atoms with Gasteiger partial charge in [-0.2, -0.15) is 8.78 Å². The van der Waals surface area contributed by atoms with Crippen molar-refractivity contribution in [2.45, 2.75) is 33.4 Å². The van der Waals surface area contributed by atoms with Gasteiger partial charge in [-0.3, -0.25) is 34.2 Å². The normalized spacial score (nSPS) is 14.4. The molecule has 0 spiro atoms. The summed E-state index contributed by atoms with van der Waals surface area (Å²) in [5.74, 6) is -3.20. The number of anilines is 2. The Morgan fingerprint density at radius 1 is 0.651 bits per heavy atom. The van der Waals surface area contributed by atoms with E-state index in [4.69, 9.17) is 5.73 Å². The Bertz CT molecular complexity index is 2170. The van der Waals surface area contributed by atoms with Crippen LogP contribution in [-0.4, -0.2) is 144 Å². The van der Waals surface area contributed by atoms with Gasteiger partial charge in [0.1, 0.15) is 11.6 Å². The molecule has 0 unspecified atom stereocenters. The first-order valence-corrected chi connectivity index (χ1v) is 20.6. The molecule has 2 fully saturated rings. The van der Waals surface area contributed by atoms with E-state index in [1.165, 1.54) is 64.7 Å². The van der Waals surface area contributed by atoms with Crippen LogP contribution in [0.25, 0.3) is 0 Å². The van der Waals surface area contributed by atoms with Gasteiger partial charge in [-0.1, -0.05) is 26.0 Å². The number of aromatic nitrogens is 2. The largest absolute Gasteiger partial charge is 0.344 e. The Balaban J connectivity index is 0.000000240. The van der Waals surface area contributed by atoms with Crippen molar-refractivity contribution in [3.8, 4) is 0 Å². The molecule has 2 aliphatic heterocycles. The Morgan fingerprint density at radius 3 is 1.43 bits per heavy atom. The molecular weight excluding hydrogens is 825 g/mol. The summed E-state index contributed by atoms with van der Waals surface area (Å²) in [5.41, 5.74) is 7.82. The first kappa shape index (κ1) is 47.7. The van der Waals surface area contributed by atoms with Crippen LogP contribution in [0.2, 0.25) is 0 Å². The Hall–Kier alpha value is -6.31. The number of pyridine rings is 2. The molecule has 19 heteroatoms. The third kappa shape index (κ3) is 13.6. The second-order valence-corrected chi connectivity index (χ2v) is 14.7. The van der Waals surface area contributed by atoms with Gasteiger partial charge in [0.2, 0.25) is 0 Å². The van der Waals surface area contributed by atoms with E-state index in [0.717, 1.165) is 39.3 Å². The summed E-state index contributed by atoms with van der Waals surface area (Å²) in [6.45, 7) is 11.0. The van der Waals surface area contributed by atoms with Crippen molar-refractivity contribution >= 4 is 40.9 Å². The van der Waals surface area contributed by atoms with Crippen LogP contribution in [0.3, 0.4) is 0 Å². The number of urea groups is 2.